The molecule has 198 valence electrons. The third-order valence-corrected chi connectivity index (χ3v) is 6.67. The molecule has 1 amide bonds. The van der Waals surface area contributed by atoms with Crippen molar-refractivity contribution in [3.63, 3.8) is 0 Å². The Morgan fingerprint density at radius 2 is 1.38 bits per heavy atom. The van der Waals surface area contributed by atoms with Gasteiger partial charge in [0.2, 0.25) is 12.2 Å². The Balaban J connectivity index is 1.56. The minimum Gasteiger partial charge on any atom is -0.497 e. The zero-order chi connectivity index (χ0) is 27.0. The molecule has 0 atom stereocenters. The first kappa shape index (κ1) is 25.9. The van der Waals surface area contributed by atoms with Gasteiger partial charge in [0.15, 0.2) is 11.5 Å². The van der Waals surface area contributed by atoms with Crippen LogP contribution in [-0.2, 0) is 24.4 Å². The minimum absolute atomic E-state index is 0.373. The summed E-state index contributed by atoms with van der Waals surface area (Å²) < 4.78 is 23.7. The van der Waals surface area contributed by atoms with Crippen LogP contribution in [0.4, 0.5) is 0 Å². The lowest BCUT2D eigenvalue weighted by molar-refractivity contribution is -0.115. The Hall–Kier alpha value is -4.71. The summed E-state index contributed by atoms with van der Waals surface area (Å²) in [4.78, 5) is 13.8. The van der Waals surface area contributed by atoms with E-state index in [0.717, 1.165) is 52.1 Å². The number of benzene rings is 4. The maximum atomic E-state index is 12.0. The van der Waals surface area contributed by atoms with E-state index in [2.05, 4.69) is 0 Å². The summed E-state index contributed by atoms with van der Waals surface area (Å²) in [5.74, 6) is 2.43. The highest BCUT2D eigenvalue weighted by Gasteiger charge is 2.22. The van der Waals surface area contributed by atoms with E-state index in [0.29, 0.717) is 37.0 Å². The van der Waals surface area contributed by atoms with Crippen molar-refractivity contribution in [1.82, 2.24) is 4.90 Å². The monoisotopic (exact) mass is 521 g/mol. The van der Waals surface area contributed by atoms with Gasteiger partial charge in [-0.15, -0.1) is 0 Å². The Kier molecular flexibility index (Phi) is 8.12. The van der Waals surface area contributed by atoms with Crippen molar-refractivity contribution in [2.24, 2.45) is 0 Å². The maximum absolute atomic E-state index is 12.0. The van der Waals surface area contributed by atoms with Crippen LogP contribution in [0.15, 0.2) is 91.0 Å². The first-order valence-electron chi connectivity index (χ1n) is 12.8. The van der Waals surface area contributed by atoms with Gasteiger partial charge >= 0.3 is 0 Å². The fourth-order valence-electron chi connectivity index (χ4n) is 4.66. The van der Waals surface area contributed by atoms with Gasteiger partial charge in [0.05, 0.1) is 19.9 Å². The van der Waals surface area contributed by atoms with Crippen LogP contribution in [0.25, 0.3) is 11.8 Å². The van der Waals surface area contributed by atoms with Gasteiger partial charge in [0.1, 0.15) is 19.0 Å². The van der Waals surface area contributed by atoms with Gasteiger partial charge < -0.3 is 23.8 Å². The molecule has 0 fully saturated rings. The predicted octanol–water partition coefficient (Wildman–Crippen LogP) is 6.37. The second-order valence-electron chi connectivity index (χ2n) is 9.20. The molecule has 0 saturated carbocycles. The molecule has 1 aliphatic rings. The Morgan fingerprint density at radius 3 is 1.92 bits per heavy atom. The lowest BCUT2D eigenvalue weighted by atomic mass is 9.95. The molecule has 0 saturated heterocycles. The lowest BCUT2D eigenvalue weighted by Gasteiger charge is -2.29. The van der Waals surface area contributed by atoms with E-state index in [1.54, 1.807) is 19.1 Å². The third-order valence-electron chi connectivity index (χ3n) is 6.67. The predicted molar refractivity (Wildman–Crippen MR) is 152 cm³/mol. The van der Waals surface area contributed by atoms with Crippen molar-refractivity contribution in [2.45, 2.75) is 19.6 Å². The van der Waals surface area contributed by atoms with Crippen molar-refractivity contribution < 1.29 is 23.7 Å². The first-order valence-corrected chi connectivity index (χ1v) is 12.8. The van der Waals surface area contributed by atoms with E-state index in [1.807, 2.05) is 97.1 Å². The fourth-order valence-corrected chi connectivity index (χ4v) is 4.66. The molecule has 4 aromatic rings. The van der Waals surface area contributed by atoms with Gasteiger partial charge in [-0.3, -0.25) is 4.79 Å². The molecule has 0 radical (unpaired) electrons. The summed E-state index contributed by atoms with van der Waals surface area (Å²) in [5.41, 5.74) is 5.83. The average molecular weight is 522 g/mol. The van der Waals surface area contributed by atoms with Crippen molar-refractivity contribution in [2.75, 3.05) is 20.8 Å². The van der Waals surface area contributed by atoms with Gasteiger partial charge in [-0.05, 0) is 65.1 Å². The van der Waals surface area contributed by atoms with Gasteiger partial charge in [-0.25, -0.2) is 0 Å². The van der Waals surface area contributed by atoms with Crippen LogP contribution in [0, 0.1) is 0 Å². The SMILES string of the molecule is COc1ccc2c(c1)CCN(C=O)/C2=C/c1cc(OCc2ccccc2)c(OC)c(OCc2ccccc2)c1. The number of fused-ring (bicyclic) bond motifs is 1. The Bertz CT molecular complexity index is 1390. The largest absolute Gasteiger partial charge is 0.497 e. The average Bonchev–Trinajstić information content (AvgIpc) is 2.99. The molecular formula is C33H31NO5. The van der Waals surface area contributed by atoms with Gasteiger partial charge in [-0.1, -0.05) is 60.7 Å². The first-order chi connectivity index (χ1) is 19.2. The van der Waals surface area contributed by atoms with Crippen LogP contribution in [0.2, 0.25) is 0 Å². The lowest BCUT2D eigenvalue weighted by Crippen LogP contribution is -2.28. The quantitative estimate of drug-likeness (QED) is 0.227. The molecule has 4 aromatic carbocycles. The number of carbonyl (C=O) groups is 1. The molecule has 0 aromatic heterocycles. The van der Waals surface area contributed by atoms with E-state index in [-0.39, 0.29) is 0 Å². The number of nitrogens with zero attached hydrogens (tertiary/aromatic N) is 1. The molecule has 0 spiro atoms. The molecule has 0 N–H and O–H groups in total. The van der Waals surface area contributed by atoms with Crippen molar-refractivity contribution in [1.29, 1.82) is 0 Å². The smallest absolute Gasteiger partial charge is 0.214 e. The maximum Gasteiger partial charge on any atom is 0.214 e. The molecule has 39 heavy (non-hydrogen) atoms. The summed E-state index contributed by atoms with van der Waals surface area (Å²) in [6, 6.07) is 29.7. The van der Waals surface area contributed by atoms with Crippen molar-refractivity contribution in [3.8, 4) is 23.0 Å². The Labute approximate surface area is 229 Å². The minimum atomic E-state index is 0.373. The molecule has 5 rings (SSSR count). The van der Waals surface area contributed by atoms with Crippen LogP contribution >= 0.6 is 0 Å². The van der Waals surface area contributed by atoms with Crippen LogP contribution in [0.1, 0.15) is 27.8 Å². The van der Waals surface area contributed by atoms with Crippen molar-refractivity contribution >= 4 is 18.2 Å². The van der Waals surface area contributed by atoms with Crippen LogP contribution in [-0.4, -0.2) is 32.1 Å². The fraction of sp³-hybridized carbons (Fsp3) is 0.182. The number of rotatable bonds is 10. The van der Waals surface area contributed by atoms with Gasteiger partial charge in [0.25, 0.3) is 0 Å². The van der Waals surface area contributed by atoms with E-state index in [9.17, 15) is 4.79 Å². The van der Waals surface area contributed by atoms with Crippen LogP contribution < -0.4 is 18.9 Å². The van der Waals surface area contributed by atoms with Gasteiger partial charge in [0, 0.05) is 12.1 Å². The standard InChI is InChI=1S/C33H31NO5/c1-36-28-13-14-29-27(20-28)15-16-34(23-35)30(29)17-26-18-31(38-21-24-9-5-3-6-10-24)33(37-2)32(19-26)39-22-25-11-7-4-8-12-25/h3-14,17-20,23H,15-16,21-22H2,1-2H3/b30-17+. The second kappa shape index (κ2) is 12.2. The zero-order valence-corrected chi connectivity index (χ0v) is 22.1. The van der Waals surface area contributed by atoms with Gasteiger partial charge in [-0.2, -0.15) is 0 Å². The number of hydrogen-bond donors (Lipinski definition) is 0. The molecule has 1 aliphatic heterocycles. The number of carbonyl (C=O) groups excluding carboxylic acids is 1. The molecular weight excluding hydrogens is 490 g/mol. The Morgan fingerprint density at radius 1 is 0.769 bits per heavy atom. The summed E-state index contributed by atoms with van der Waals surface area (Å²) >= 11 is 0. The highest BCUT2D eigenvalue weighted by Crippen LogP contribution is 2.41. The molecule has 0 unspecified atom stereocenters. The molecule has 0 aliphatic carbocycles. The third kappa shape index (κ3) is 6.07. The number of ether oxygens (including phenoxy) is 4. The van der Waals surface area contributed by atoms with E-state index in [4.69, 9.17) is 18.9 Å². The van der Waals surface area contributed by atoms with Crippen LogP contribution in [0.3, 0.4) is 0 Å². The number of hydrogen-bond acceptors (Lipinski definition) is 5. The molecule has 0 bridgehead atoms. The van der Waals surface area contributed by atoms with E-state index in [1.165, 1.54) is 0 Å². The number of amides is 1. The number of methoxy groups -OCH3 is 2. The van der Waals surface area contributed by atoms with E-state index >= 15 is 0 Å². The van der Waals surface area contributed by atoms with Crippen LogP contribution in [0.5, 0.6) is 23.0 Å². The summed E-state index contributed by atoms with van der Waals surface area (Å²) in [5, 5.41) is 0. The highest BCUT2D eigenvalue weighted by molar-refractivity contribution is 5.88. The molecule has 6 nitrogen and oxygen atoms in total. The summed E-state index contributed by atoms with van der Waals surface area (Å²) in [7, 11) is 3.27. The summed E-state index contributed by atoms with van der Waals surface area (Å²) in [6.07, 6.45) is 3.62. The highest BCUT2D eigenvalue weighted by atomic mass is 16.5. The normalized spacial score (nSPS) is 13.5. The molecule has 1 heterocycles. The van der Waals surface area contributed by atoms with E-state index < -0.39 is 0 Å². The zero-order valence-electron chi connectivity index (χ0n) is 22.1. The molecule has 6 heteroatoms. The van der Waals surface area contributed by atoms with Crippen molar-refractivity contribution in [3.05, 3.63) is 119 Å². The summed E-state index contributed by atoms with van der Waals surface area (Å²) in [6.45, 7) is 1.33. The topological polar surface area (TPSA) is 57.2 Å². The second-order valence-corrected chi connectivity index (χ2v) is 9.20.